The van der Waals surface area contributed by atoms with E-state index in [-0.39, 0.29) is 10.9 Å². The van der Waals surface area contributed by atoms with Gasteiger partial charge in [0.1, 0.15) is 0 Å². The van der Waals surface area contributed by atoms with Crippen LogP contribution in [0.2, 0.25) is 0 Å². The molecule has 0 unspecified atom stereocenters. The number of rotatable bonds is 6. The van der Waals surface area contributed by atoms with Crippen molar-refractivity contribution in [3.05, 3.63) is 24.3 Å². The first kappa shape index (κ1) is 19.3. The van der Waals surface area contributed by atoms with Gasteiger partial charge in [0, 0.05) is 24.7 Å². The SMILES string of the molecule is CC[C@@H](C)n1c(SC)nnc1-c1cccc(S(=O)(=O)N2CCOCC2)c1. The monoisotopic (exact) mass is 396 g/mol. The molecule has 1 aliphatic rings. The molecule has 0 spiro atoms. The highest BCUT2D eigenvalue weighted by Gasteiger charge is 2.27. The van der Waals surface area contributed by atoms with Crippen molar-refractivity contribution in [3.63, 3.8) is 0 Å². The third-order valence-corrected chi connectivity index (χ3v) is 7.12. The van der Waals surface area contributed by atoms with Gasteiger partial charge in [-0.1, -0.05) is 30.8 Å². The summed E-state index contributed by atoms with van der Waals surface area (Å²) >= 11 is 1.54. The summed E-state index contributed by atoms with van der Waals surface area (Å²) in [5.74, 6) is 0.697. The van der Waals surface area contributed by atoms with Crippen LogP contribution in [0.25, 0.3) is 11.4 Å². The predicted octanol–water partition coefficient (Wildman–Crippen LogP) is 2.66. The lowest BCUT2D eigenvalue weighted by atomic mass is 10.2. The topological polar surface area (TPSA) is 77.3 Å². The molecule has 1 aromatic heterocycles. The van der Waals surface area contributed by atoms with E-state index in [1.54, 1.807) is 18.2 Å². The van der Waals surface area contributed by atoms with E-state index in [0.29, 0.717) is 32.1 Å². The molecule has 2 heterocycles. The number of ether oxygens (including phenoxy) is 1. The Labute approximate surface area is 158 Å². The van der Waals surface area contributed by atoms with E-state index in [1.165, 1.54) is 16.1 Å². The van der Waals surface area contributed by atoms with E-state index in [9.17, 15) is 8.42 Å². The summed E-state index contributed by atoms with van der Waals surface area (Å²) in [6.07, 6.45) is 2.90. The molecule has 1 aliphatic heterocycles. The van der Waals surface area contributed by atoms with Crippen molar-refractivity contribution in [3.8, 4) is 11.4 Å². The Kier molecular flexibility index (Phi) is 6.01. The van der Waals surface area contributed by atoms with E-state index in [1.807, 2.05) is 12.3 Å². The molecule has 0 bridgehead atoms. The molecule has 9 heteroatoms. The molecule has 0 amide bonds. The molecule has 142 valence electrons. The number of aromatic nitrogens is 3. The van der Waals surface area contributed by atoms with Crippen LogP contribution >= 0.6 is 11.8 Å². The molecular formula is C17H24N4O3S2. The Morgan fingerprint density at radius 3 is 2.65 bits per heavy atom. The van der Waals surface area contributed by atoms with Crippen LogP contribution in [0.4, 0.5) is 0 Å². The van der Waals surface area contributed by atoms with Crippen LogP contribution in [0.1, 0.15) is 26.3 Å². The number of hydrogen-bond donors (Lipinski definition) is 0. The average Bonchev–Trinajstić information content (AvgIpc) is 3.12. The number of benzene rings is 1. The first-order chi connectivity index (χ1) is 12.5. The van der Waals surface area contributed by atoms with Crippen molar-refractivity contribution in [1.29, 1.82) is 0 Å². The minimum Gasteiger partial charge on any atom is -0.379 e. The lowest BCUT2D eigenvalue weighted by Gasteiger charge is -2.26. The van der Waals surface area contributed by atoms with Gasteiger partial charge in [0.15, 0.2) is 11.0 Å². The number of sulfonamides is 1. The minimum absolute atomic E-state index is 0.224. The highest BCUT2D eigenvalue weighted by atomic mass is 32.2. The second kappa shape index (κ2) is 8.08. The van der Waals surface area contributed by atoms with Crippen molar-refractivity contribution in [2.24, 2.45) is 0 Å². The zero-order valence-corrected chi connectivity index (χ0v) is 16.9. The third kappa shape index (κ3) is 3.66. The molecule has 1 atom stereocenters. The molecular weight excluding hydrogens is 372 g/mol. The van der Waals surface area contributed by atoms with Crippen LogP contribution < -0.4 is 0 Å². The van der Waals surface area contributed by atoms with Gasteiger partial charge in [0.25, 0.3) is 0 Å². The van der Waals surface area contributed by atoms with Crippen LogP contribution in [0.3, 0.4) is 0 Å². The summed E-state index contributed by atoms with van der Waals surface area (Å²) in [7, 11) is -3.54. The second-order valence-electron chi connectivity index (χ2n) is 6.18. The van der Waals surface area contributed by atoms with Gasteiger partial charge in [-0.2, -0.15) is 4.31 Å². The van der Waals surface area contributed by atoms with Crippen LogP contribution in [0, 0.1) is 0 Å². The summed E-state index contributed by atoms with van der Waals surface area (Å²) in [4.78, 5) is 0.279. The summed E-state index contributed by atoms with van der Waals surface area (Å²) in [6.45, 7) is 5.84. The van der Waals surface area contributed by atoms with E-state index < -0.39 is 10.0 Å². The Balaban J connectivity index is 2.02. The number of hydrogen-bond acceptors (Lipinski definition) is 6. The van der Waals surface area contributed by atoms with Gasteiger partial charge in [-0.25, -0.2) is 8.42 Å². The van der Waals surface area contributed by atoms with Crippen LogP contribution in [0.15, 0.2) is 34.3 Å². The fourth-order valence-electron chi connectivity index (χ4n) is 2.92. The van der Waals surface area contributed by atoms with Crippen molar-refractivity contribution >= 4 is 21.8 Å². The number of morpholine rings is 1. The van der Waals surface area contributed by atoms with Gasteiger partial charge in [0.2, 0.25) is 10.0 Å². The quantitative estimate of drug-likeness (QED) is 0.699. The maximum Gasteiger partial charge on any atom is 0.243 e. The fourth-order valence-corrected chi connectivity index (χ4v) is 4.96. The highest BCUT2D eigenvalue weighted by Crippen LogP contribution is 2.29. The predicted molar refractivity (Wildman–Crippen MR) is 102 cm³/mol. The van der Waals surface area contributed by atoms with E-state index in [0.717, 1.165) is 17.1 Å². The van der Waals surface area contributed by atoms with Crippen molar-refractivity contribution in [2.75, 3.05) is 32.6 Å². The molecule has 0 radical (unpaired) electrons. The van der Waals surface area contributed by atoms with Gasteiger partial charge in [-0.3, -0.25) is 4.57 Å². The lowest BCUT2D eigenvalue weighted by molar-refractivity contribution is 0.0730. The largest absolute Gasteiger partial charge is 0.379 e. The Morgan fingerprint density at radius 2 is 2.00 bits per heavy atom. The zero-order chi connectivity index (χ0) is 18.7. The van der Waals surface area contributed by atoms with Gasteiger partial charge < -0.3 is 4.74 Å². The molecule has 2 aromatic rings. The lowest BCUT2D eigenvalue weighted by Crippen LogP contribution is -2.40. The van der Waals surface area contributed by atoms with E-state index in [2.05, 4.69) is 28.6 Å². The Morgan fingerprint density at radius 1 is 1.27 bits per heavy atom. The van der Waals surface area contributed by atoms with Gasteiger partial charge >= 0.3 is 0 Å². The number of nitrogens with zero attached hydrogens (tertiary/aromatic N) is 4. The summed E-state index contributed by atoms with van der Waals surface area (Å²) in [5.41, 5.74) is 0.757. The van der Waals surface area contributed by atoms with Crippen LogP contribution in [0.5, 0.6) is 0 Å². The molecule has 3 rings (SSSR count). The molecule has 1 saturated heterocycles. The van der Waals surface area contributed by atoms with Gasteiger partial charge in [-0.15, -0.1) is 10.2 Å². The maximum atomic E-state index is 12.9. The smallest absolute Gasteiger partial charge is 0.243 e. The van der Waals surface area contributed by atoms with E-state index >= 15 is 0 Å². The van der Waals surface area contributed by atoms with E-state index in [4.69, 9.17) is 4.74 Å². The Bertz CT molecular complexity index is 861. The maximum absolute atomic E-state index is 12.9. The van der Waals surface area contributed by atoms with Gasteiger partial charge in [0.05, 0.1) is 18.1 Å². The molecule has 26 heavy (non-hydrogen) atoms. The third-order valence-electron chi connectivity index (χ3n) is 4.58. The molecule has 1 aromatic carbocycles. The molecule has 0 saturated carbocycles. The van der Waals surface area contributed by atoms with Crippen LogP contribution in [-0.2, 0) is 14.8 Å². The summed E-state index contributed by atoms with van der Waals surface area (Å²) < 4.78 is 34.7. The number of thioether (sulfide) groups is 1. The minimum atomic E-state index is -3.54. The van der Waals surface area contributed by atoms with Crippen LogP contribution in [-0.4, -0.2) is 60.0 Å². The first-order valence-corrected chi connectivity index (χ1v) is 11.3. The van der Waals surface area contributed by atoms with Crippen molar-refractivity contribution < 1.29 is 13.2 Å². The molecule has 1 fully saturated rings. The van der Waals surface area contributed by atoms with Crippen molar-refractivity contribution in [2.45, 2.75) is 36.4 Å². The summed E-state index contributed by atoms with van der Waals surface area (Å²) in [5, 5.41) is 9.42. The Hall–Kier alpha value is -1.42. The average molecular weight is 397 g/mol. The second-order valence-corrected chi connectivity index (χ2v) is 8.89. The highest BCUT2D eigenvalue weighted by molar-refractivity contribution is 7.98. The summed E-state index contributed by atoms with van der Waals surface area (Å²) in [6, 6.07) is 7.19. The normalized spacial score (nSPS) is 17.3. The molecule has 0 N–H and O–H groups in total. The van der Waals surface area contributed by atoms with Crippen molar-refractivity contribution in [1.82, 2.24) is 19.1 Å². The fraction of sp³-hybridized carbons (Fsp3) is 0.529. The molecule has 0 aliphatic carbocycles. The molecule has 7 nitrogen and oxygen atoms in total. The standard InChI is InChI=1S/C17H24N4O3S2/c1-4-13(2)21-16(18-19-17(21)25-3)14-6-5-7-15(12-14)26(22,23)20-8-10-24-11-9-20/h5-7,12-13H,4,8-11H2,1-3H3/t13-/m1/s1. The van der Waals surface area contributed by atoms with Gasteiger partial charge in [-0.05, 0) is 31.7 Å². The first-order valence-electron chi connectivity index (χ1n) is 8.66. The zero-order valence-electron chi connectivity index (χ0n) is 15.3.